The highest BCUT2D eigenvalue weighted by atomic mass is 16.5. The molecule has 0 radical (unpaired) electrons. The van der Waals surface area contributed by atoms with Gasteiger partial charge in [-0.05, 0) is 67.0 Å². The van der Waals surface area contributed by atoms with E-state index in [9.17, 15) is 0 Å². The van der Waals surface area contributed by atoms with Crippen LogP contribution in [-0.4, -0.2) is 21.3 Å². The summed E-state index contributed by atoms with van der Waals surface area (Å²) in [5, 5.41) is 3.52. The summed E-state index contributed by atoms with van der Waals surface area (Å²) in [6.07, 6.45) is 4.64. The molecule has 0 spiro atoms. The van der Waals surface area contributed by atoms with E-state index in [0.717, 1.165) is 24.3 Å². The molecule has 1 unspecified atom stereocenters. The van der Waals surface area contributed by atoms with Crippen LogP contribution < -0.4 is 14.8 Å². The van der Waals surface area contributed by atoms with Crippen molar-refractivity contribution in [1.29, 1.82) is 0 Å². The normalized spacial score (nSPS) is 15.7. The zero-order chi connectivity index (χ0) is 17.9. The van der Waals surface area contributed by atoms with Gasteiger partial charge < -0.3 is 14.8 Å². The summed E-state index contributed by atoms with van der Waals surface area (Å²) < 4.78 is 10.9. The highest BCUT2D eigenvalue weighted by Crippen LogP contribution is 2.54. The minimum atomic E-state index is 0. The van der Waals surface area contributed by atoms with Crippen LogP contribution in [0.25, 0.3) is 0 Å². The lowest BCUT2D eigenvalue weighted by Gasteiger charge is -2.25. The van der Waals surface area contributed by atoms with Gasteiger partial charge in [0.1, 0.15) is 0 Å². The molecule has 0 bridgehead atoms. The summed E-state index contributed by atoms with van der Waals surface area (Å²) in [7, 11) is 5.44. The van der Waals surface area contributed by atoms with E-state index in [2.05, 4.69) is 55.7 Å². The lowest BCUT2D eigenvalue weighted by Crippen LogP contribution is -2.22. The number of rotatable bonds is 8. The molecule has 3 rings (SSSR count). The molecule has 2 aromatic rings. The van der Waals surface area contributed by atoms with Crippen LogP contribution in [0.1, 0.15) is 56.3 Å². The van der Waals surface area contributed by atoms with E-state index >= 15 is 0 Å². The van der Waals surface area contributed by atoms with E-state index in [-0.39, 0.29) is 12.8 Å². The molecule has 1 N–H and O–H groups in total. The zero-order valence-corrected chi connectivity index (χ0v) is 15.8. The van der Waals surface area contributed by atoms with E-state index < -0.39 is 0 Å². The third kappa shape index (κ3) is 4.04. The summed E-state index contributed by atoms with van der Waals surface area (Å²) in [4.78, 5) is 0. The molecule has 0 aromatic heterocycles. The maximum atomic E-state index is 5.50. The van der Waals surface area contributed by atoms with E-state index in [1.165, 1.54) is 29.5 Å². The zero-order valence-electron chi connectivity index (χ0n) is 15.8. The first-order valence-corrected chi connectivity index (χ1v) is 9.14. The average molecular weight is 356 g/mol. The predicted molar refractivity (Wildman–Crippen MR) is 109 cm³/mol. The molecule has 2 aromatic carbocycles. The van der Waals surface area contributed by atoms with Gasteiger partial charge in [-0.25, -0.2) is 0 Å². The van der Waals surface area contributed by atoms with Gasteiger partial charge >= 0.3 is 0 Å². The molecule has 0 amide bonds. The van der Waals surface area contributed by atoms with Gasteiger partial charge in [-0.15, -0.1) is 0 Å². The number of nitrogens with one attached hydrogen (secondary N) is 1. The lowest BCUT2D eigenvalue weighted by molar-refractivity contribution is 0.353. The molecule has 3 heteroatoms. The van der Waals surface area contributed by atoms with Gasteiger partial charge in [0.15, 0.2) is 11.5 Å². The monoisotopic (exact) mass is 355 g/mol. The van der Waals surface area contributed by atoms with Crippen molar-refractivity contribution >= 4 is 0 Å². The molecular formula is C23H33NO2. The molecule has 142 valence electrons. The fourth-order valence-corrected chi connectivity index (χ4v) is 3.69. The van der Waals surface area contributed by atoms with Crippen molar-refractivity contribution in [2.24, 2.45) is 0 Å². The maximum Gasteiger partial charge on any atom is 0.161 e. The number of benzene rings is 2. The van der Waals surface area contributed by atoms with Gasteiger partial charge in [-0.2, -0.15) is 0 Å². The molecule has 0 saturated heterocycles. The van der Waals surface area contributed by atoms with Gasteiger partial charge in [-0.1, -0.05) is 44.7 Å². The molecule has 1 atom stereocenters. The van der Waals surface area contributed by atoms with Gasteiger partial charge in [0, 0.05) is 6.04 Å². The van der Waals surface area contributed by atoms with Crippen LogP contribution in [-0.2, 0) is 11.8 Å². The van der Waals surface area contributed by atoms with Gasteiger partial charge in [0.05, 0.1) is 14.2 Å². The second-order valence-corrected chi connectivity index (χ2v) is 6.99. The minimum Gasteiger partial charge on any atom is -0.493 e. The van der Waals surface area contributed by atoms with Crippen LogP contribution in [0.4, 0.5) is 0 Å². The summed E-state index contributed by atoms with van der Waals surface area (Å²) in [5.74, 6) is 1.61. The summed E-state index contributed by atoms with van der Waals surface area (Å²) in [6, 6.07) is 15.8. The number of hydrogen-bond acceptors (Lipinski definition) is 3. The highest BCUT2D eigenvalue weighted by Gasteiger charge is 2.46. The van der Waals surface area contributed by atoms with Crippen molar-refractivity contribution in [2.75, 3.05) is 21.3 Å². The first kappa shape index (κ1) is 20.3. The molecule has 1 aliphatic carbocycles. The van der Waals surface area contributed by atoms with Gasteiger partial charge in [-0.3, -0.25) is 0 Å². The van der Waals surface area contributed by atoms with Crippen LogP contribution in [0.3, 0.4) is 0 Å². The largest absolute Gasteiger partial charge is 0.493 e. The Bertz CT molecular complexity index is 705. The van der Waals surface area contributed by atoms with E-state index in [0.29, 0.717) is 6.04 Å². The molecule has 1 aliphatic rings. The summed E-state index contributed by atoms with van der Waals surface area (Å²) in [6.45, 7) is 2.20. The van der Waals surface area contributed by atoms with Crippen LogP contribution in [0.5, 0.6) is 11.5 Å². The highest BCUT2D eigenvalue weighted by molar-refractivity contribution is 5.47. The van der Waals surface area contributed by atoms with Crippen molar-refractivity contribution in [3.05, 3.63) is 59.2 Å². The summed E-state index contributed by atoms with van der Waals surface area (Å²) in [5.41, 5.74) is 4.36. The quantitative estimate of drug-likeness (QED) is 0.698. The van der Waals surface area contributed by atoms with Crippen molar-refractivity contribution in [2.45, 2.75) is 51.5 Å². The second kappa shape index (κ2) is 8.59. The van der Waals surface area contributed by atoms with Crippen molar-refractivity contribution in [1.82, 2.24) is 5.32 Å². The Hall–Kier alpha value is -2.00. The van der Waals surface area contributed by atoms with E-state index in [4.69, 9.17) is 9.47 Å². The Labute approximate surface area is 158 Å². The first-order chi connectivity index (χ1) is 12.2. The third-order valence-electron chi connectivity index (χ3n) is 5.58. The second-order valence-electron chi connectivity index (χ2n) is 6.99. The van der Waals surface area contributed by atoms with Gasteiger partial charge in [0.2, 0.25) is 0 Å². The molecule has 1 saturated carbocycles. The number of hydrogen-bond donors (Lipinski definition) is 1. The Morgan fingerprint density at radius 2 is 1.65 bits per heavy atom. The number of aryl methyl sites for hydroxylation is 1. The fraction of sp³-hybridized carbons (Fsp3) is 0.478. The van der Waals surface area contributed by atoms with Crippen molar-refractivity contribution < 1.29 is 9.47 Å². The average Bonchev–Trinajstić information content (AvgIpc) is 3.46. The SMILES string of the molecule is C.CCc1ccc(C(CC2(c3ccc(OC)c(OC)c3)CC2)NC)cc1. The van der Waals surface area contributed by atoms with E-state index in [1.807, 2.05) is 6.07 Å². The minimum absolute atomic E-state index is 0. The number of methoxy groups -OCH3 is 2. The molecule has 3 nitrogen and oxygen atoms in total. The Balaban J connectivity index is 0.00000243. The van der Waals surface area contributed by atoms with Crippen LogP contribution in [0.2, 0.25) is 0 Å². The smallest absolute Gasteiger partial charge is 0.161 e. The molecule has 0 heterocycles. The Kier molecular flexibility index (Phi) is 6.71. The van der Waals surface area contributed by atoms with Crippen molar-refractivity contribution in [3.63, 3.8) is 0 Å². The third-order valence-corrected chi connectivity index (χ3v) is 5.58. The van der Waals surface area contributed by atoms with Gasteiger partial charge in [0.25, 0.3) is 0 Å². The van der Waals surface area contributed by atoms with Crippen molar-refractivity contribution in [3.8, 4) is 11.5 Å². The molecular weight excluding hydrogens is 322 g/mol. The Morgan fingerprint density at radius 1 is 1.00 bits per heavy atom. The van der Waals surface area contributed by atoms with Crippen LogP contribution >= 0.6 is 0 Å². The standard InChI is InChI=1S/C22H29NO2.CH4/c1-5-16-6-8-17(9-7-16)19(23-2)15-22(12-13-22)18-10-11-20(24-3)21(14-18)25-4;/h6-11,14,19,23H,5,12-13,15H2,1-4H3;1H4. The number of ether oxygens (including phenoxy) is 2. The fourth-order valence-electron chi connectivity index (χ4n) is 3.69. The van der Waals surface area contributed by atoms with Crippen LogP contribution in [0, 0.1) is 0 Å². The molecule has 1 fully saturated rings. The molecule has 0 aliphatic heterocycles. The predicted octanol–water partition coefficient (Wildman–Crippen LogP) is 5.28. The summed E-state index contributed by atoms with van der Waals surface area (Å²) >= 11 is 0. The maximum absolute atomic E-state index is 5.50. The Morgan fingerprint density at radius 3 is 2.15 bits per heavy atom. The van der Waals surface area contributed by atoms with Crippen LogP contribution in [0.15, 0.2) is 42.5 Å². The van der Waals surface area contributed by atoms with E-state index in [1.54, 1.807) is 14.2 Å². The molecule has 26 heavy (non-hydrogen) atoms. The topological polar surface area (TPSA) is 30.5 Å². The first-order valence-electron chi connectivity index (χ1n) is 9.14. The lowest BCUT2D eigenvalue weighted by atomic mass is 9.86.